The fourth-order valence-corrected chi connectivity index (χ4v) is 2.85. The summed E-state index contributed by atoms with van der Waals surface area (Å²) in [6.45, 7) is 10.6. The molecule has 0 amide bonds. The van der Waals surface area contributed by atoms with Gasteiger partial charge in [0.1, 0.15) is 0 Å². The molecular weight excluding hydrogens is 266 g/mol. The van der Waals surface area contributed by atoms with Gasteiger partial charge in [-0.1, -0.05) is 39.0 Å². The normalized spacial score (nSPS) is 12.7. The summed E-state index contributed by atoms with van der Waals surface area (Å²) in [5, 5.41) is 1.14. The van der Waals surface area contributed by atoms with Crippen LogP contribution in [0.15, 0.2) is 30.5 Å². The highest BCUT2D eigenvalue weighted by Gasteiger charge is 2.40. The van der Waals surface area contributed by atoms with E-state index in [2.05, 4.69) is 38.8 Å². The van der Waals surface area contributed by atoms with Crippen LogP contribution in [0.1, 0.15) is 26.3 Å². The maximum atomic E-state index is 12.2. The van der Waals surface area contributed by atoms with E-state index in [1.165, 1.54) is 0 Å². The van der Waals surface area contributed by atoms with Crippen molar-refractivity contribution >= 4 is 25.2 Å². The second-order valence-corrected chi connectivity index (χ2v) is 11.5. The Hall–Kier alpha value is -1.55. The number of hydrogen-bond acceptors (Lipinski definition) is 2. The molecule has 0 aliphatic rings. The number of benzene rings is 1. The van der Waals surface area contributed by atoms with E-state index in [0.717, 1.165) is 16.5 Å². The van der Waals surface area contributed by atoms with Crippen LogP contribution in [0.5, 0.6) is 0 Å². The van der Waals surface area contributed by atoms with Gasteiger partial charge in [-0.15, -0.1) is 0 Å². The number of rotatable bonds is 3. The van der Waals surface area contributed by atoms with Gasteiger partial charge in [-0.2, -0.15) is 0 Å². The van der Waals surface area contributed by atoms with Crippen LogP contribution < -0.4 is 0 Å². The van der Waals surface area contributed by atoms with Crippen molar-refractivity contribution in [2.24, 2.45) is 0 Å². The maximum absolute atomic E-state index is 12.2. The van der Waals surface area contributed by atoms with Crippen LogP contribution in [0.4, 0.5) is 0 Å². The summed E-state index contributed by atoms with van der Waals surface area (Å²) in [5.41, 5.74) is 2.06. The lowest BCUT2D eigenvalue weighted by atomic mass is 10.1. The van der Waals surface area contributed by atoms with Crippen LogP contribution in [-0.4, -0.2) is 19.3 Å². The smallest absolute Gasteiger partial charge is 0.297 e. The molecule has 0 fully saturated rings. The lowest BCUT2D eigenvalue weighted by molar-refractivity contribution is -0.134. The molecule has 20 heavy (non-hydrogen) atoms. The third-order valence-corrected chi connectivity index (χ3v) is 8.54. The number of aromatic nitrogens is 1. The number of H-pyrrole nitrogens is 1. The molecule has 0 aliphatic heterocycles. The second-order valence-electron chi connectivity index (χ2n) is 6.77. The molecule has 0 aliphatic carbocycles. The third kappa shape index (κ3) is 2.95. The van der Waals surface area contributed by atoms with Gasteiger partial charge in [0.05, 0.1) is 6.42 Å². The Bertz CT molecular complexity index is 623. The molecule has 1 N–H and O–H groups in total. The highest BCUT2D eigenvalue weighted by Crippen LogP contribution is 2.36. The number of nitrogens with one attached hydrogen (secondary N) is 1. The van der Waals surface area contributed by atoms with Crippen LogP contribution in [0.25, 0.3) is 10.9 Å². The lowest BCUT2D eigenvalue weighted by Crippen LogP contribution is -2.42. The van der Waals surface area contributed by atoms with E-state index >= 15 is 0 Å². The van der Waals surface area contributed by atoms with Crippen LogP contribution in [0, 0.1) is 0 Å². The summed E-state index contributed by atoms with van der Waals surface area (Å²) in [6.07, 6.45) is 2.23. The standard InChI is InChI=1S/C16H23NO2Si/c1-16(2,3)20(4,5)19-15(18)10-12-11-17-14-9-7-6-8-13(12)14/h6-9,11,17H,10H2,1-5H3. The number of carbonyl (C=O) groups is 1. The summed E-state index contributed by atoms with van der Waals surface area (Å²) in [6, 6.07) is 8.01. The van der Waals surface area contributed by atoms with Crippen molar-refractivity contribution in [1.82, 2.24) is 4.98 Å². The minimum atomic E-state index is -2.03. The van der Waals surface area contributed by atoms with Crippen molar-refractivity contribution in [3.8, 4) is 0 Å². The predicted octanol–water partition coefficient (Wildman–Crippen LogP) is 4.26. The van der Waals surface area contributed by atoms with Crippen molar-refractivity contribution in [3.63, 3.8) is 0 Å². The zero-order valence-corrected chi connectivity index (χ0v) is 13.9. The van der Waals surface area contributed by atoms with Gasteiger partial charge in [0.15, 0.2) is 0 Å². The second kappa shape index (κ2) is 5.09. The molecule has 1 aromatic carbocycles. The van der Waals surface area contributed by atoms with Gasteiger partial charge in [-0.05, 0) is 29.8 Å². The fourth-order valence-electron chi connectivity index (χ4n) is 1.91. The zero-order valence-electron chi connectivity index (χ0n) is 12.9. The number of fused-ring (bicyclic) bond motifs is 1. The SMILES string of the molecule is CC(C)(C)[Si](C)(C)OC(=O)Cc1c[nH]c2ccccc12. The van der Waals surface area contributed by atoms with Crippen molar-refractivity contribution in [2.75, 3.05) is 0 Å². The molecule has 0 saturated heterocycles. The van der Waals surface area contributed by atoms with Gasteiger partial charge in [-0.25, -0.2) is 0 Å². The average Bonchev–Trinajstić information content (AvgIpc) is 2.70. The van der Waals surface area contributed by atoms with Gasteiger partial charge < -0.3 is 9.41 Å². The van der Waals surface area contributed by atoms with E-state index < -0.39 is 8.32 Å². The molecule has 2 aromatic rings. The first kappa shape index (κ1) is 14.8. The number of para-hydroxylation sites is 1. The molecule has 0 radical (unpaired) electrons. The topological polar surface area (TPSA) is 42.1 Å². The number of hydrogen-bond donors (Lipinski definition) is 1. The van der Waals surface area contributed by atoms with E-state index in [4.69, 9.17) is 4.43 Å². The predicted molar refractivity (Wildman–Crippen MR) is 85.3 cm³/mol. The van der Waals surface area contributed by atoms with Crippen LogP contribution in [0.2, 0.25) is 18.1 Å². The molecule has 108 valence electrons. The van der Waals surface area contributed by atoms with Crippen molar-refractivity contribution < 1.29 is 9.22 Å². The van der Waals surface area contributed by atoms with E-state index in [-0.39, 0.29) is 11.0 Å². The first-order chi connectivity index (χ1) is 9.21. The number of carbonyl (C=O) groups excluding carboxylic acids is 1. The summed E-state index contributed by atoms with van der Waals surface area (Å²) in [4.78, 5) is 15.4. The highest BCUT2D eigenvalue weighted by molar-refractivity contribution is 6.75. The molecule has 2 rings (SSSR count). The monoisotopic (exact) mass is 289 g/mol. The Morgan fingerprint density at radius 2 is 1.90 bits per heavy atom. The summed E-state index contributed by atoms with van der Waals surface area (Å²) in [7, 11) is -2.03. The third-order valence-electron chi connectivity index (χ3n) is 4.18. The molecule has 0 spiro atoms. The van der Waals surface area contributed by atoms with Crippen molar-refractivity contribution in [2.45, 2.75) is 45.3 Å². The van der Waals surface area contributed by atoms with Crippen LogP contribution >= 0.6 is 0 Å². The summed E-state index contributed by atoms with van der Waals surface area (Å²) in [5.74, 6) is -0.124. The van der Waals surface area contributed by atoms with Gasteiger partial charge in [0.25, 0.3) is 14.3 Å². The Morgan fingerprint density at radius 3 is 2.55 bits per heavy atom. The van der Waals surface area contributed by atoms with Crippen molar-refractivity contribution in [3.05, 3.63) is 36.0 Å². The molecule has 0 unspecified atom stereocenters. The lowest BCUT2D eigenvalue weighted by Gasteiger charge is -2.35. The Balaban J connectivity index is 2.13. The van der Waals surface area contributed by atoms with Crippen LogP contribution in [0.3, 0.4) is 0 Å². The molecule has 0 bridgehead atoms. The molecule has 0 atom stereocenters. The van der Waals surface area contributed by atoms with E-state index in [1.807, 2.05) is 30.5 Å². The van der Waals surface area contributed by atoms with Gasteiger partial charge in [0.2, 0.25) is 0 Å². The minimum Gasteiger partial charge on any atom is -0.519 e. The highest BCUT2D eigenvalue weighted by atomic mass is 28.4. The van der Waals surface area contributed by atoms with Gasteiger partial charge in [0, 0.05) is 17.1 Å². The minimum absolute atomic E-state index is 0.0445. The largest absolute Gasteiger partial charge is 0.519 e. The maximum Gasteiger partial charge on any atom is 0.297 e. The molecule has 4 heteroatoms. The van der Waals surface area contributed by atoms with E-state index in [0.29, 0.717) is 6.42 Å². The average molecular weight is 289 g/mol. The van der Waals surface area contributed by atoms with E-state index in [9.17, 15) is 4.79 Å². The Labute approximate surface area is 121 Å². The van der Waals surface area contributed by atoms with Crippen LogP contribution in [-0.2, 0) is 15.6 Å². The first-order valence-corrected chi connectivity index (χ1v) is 9.88. The van der Waals surface area contributed by atoms with Gasteiger partial charge in [-0.3, -0.25) is 4.79 Å². The van der Waals surface area contributed by atoms with E-state index in [1.54, 1.807) is 0 Å². The van der Waals surface area contributed by atoms with Gasteiger partial charge >= 0.3 is 0 Å². The quantitative estimate of drug-likeness (QED) is 0.858. The molecule has 3 nitrogen and oxygen atoms in total. The summed E-state index contributed by atoms with van der Waals surface area (Å²) < 4.78 is 5.81. The molecular formula is C16H23NO2Si. The Morgan fingerprint density at radius 1 is 1.25 bits per heavy atom. The fraction of sp³-hybridized carbons (Fsp3) is 0.438. The zero-order chi connectivity index (χ0) is 15.0. The molecule has 0 saturated carbocycles. The first-order valence-electron chi connectivity index (χ1n) is 6.97. The summed E-state index contributed by atoms with van der Waals surface area (Å²) >= 11 is 0. The number of aromatic amines is 1. The molecule has 1 aromatic heterocycles. The Kier molecular flexibility index (Phi) is 3.78. The van der Waals surface area contributed by atoms with Crippen molar-refractivity contribution in [1.29, 1.82) is 0 Å². The molecule has 1 heterocycles.